The molecule has 5 nitrogen and oxygen atoms in total. The predicted molar refractivity (Wildman–Crippen MR) is 92.8 cm³/mol. The Bertz CT molecular complexity index is 349. The van der Waals surface area contributed by atoms with E-state index in [4.69, 9.17) is 5.73 Å². The van der Waals surface area contributed by atoms with Gasteiger partial charge in [0.15, 0.2) is 5.96 Å². The maximum atomic E-state index is 11.8. The predicted octanol–water partition coefficient (Wildman–Crippen LogP) is 2.55. The second-order valence-corrected chi connectivity index (χ2v) is 6.97. The lowest BCUT2D eigenvalue weighted by molar-refractivity contribution is -0.120. The Morgan fingerprint density at radius 1 is 1.18 bits per heavy atom. The Kier molecular flexibility index (Phi) is 8.94. The number of carbonyl (C=O) groups is 1. The zero-order valence-corrected chi connectivity index (χ0v) is 14.5. The van der Waals surface area contributed by atoms with Crippen LogP contribution >= 0.6 is 0 Å². The maximum Gasteiger partial charge on any atom is 0.242 e. The van der Waals surface area contributed by atoms with Crippen molar-refractivity contribution in [3.05, 3.63) is 0 Å². The summed E-state index contributed by atoms with van der Waals surface area (Å²) in [7, 11) is 0. The molecule has 0 aliphatic heterocycles. The average molecular weight is 310 g/mol. The van der Waals surface area contributed by atoms with Crippen molar-refractivity contribution in [2.75, 3.05) is 6.54 Å². The quantitative estimate of drug-likeness (QED) is 0.476. The van der Waals surface area contributed by atoms with E-state index in [1.54, 1.807) is 0 Å². The van der Waals surface area contributed by atoms with Crippen LogP contribution in [0.4, 0.5) is 0 Å². The summed E-state index contributed by atoms with van der Waals surface area (Å²) >= 11 is 0. The summed E-state index contributed by atoms with van der Waals surface area (Å²) in [5.74, 6) is 1.08. The van der Waals surface area contributed by atoms with E-state index >= 15 is 0 Å². The number of amides is 1. The monoisotopic (exact) mass is 310 g/mol. The van der Waals surface area contributed by atoms with Crippen LogP contribution in [-0.4, -0.2) is 30.5 Å². The van der Waals surface area contributed by atoms with Gasteiger partial charge in [-0.05, 0) is 32.1 Å². The third-order valence-electron chi connectivity index (χ3n) is 4.18. The molecule has 1 rings (SSSR count). The van der Waals surface area contributed by atoms with Crippen LogP contribution in [0, 0.1) is 5.92 Å². The van der Waals surface area contributed by atoms with Gasteiger partial charge in [0.05, 0.1) is 0 Å². The lowest BCUT2D eigenvalue weighted by Crippen LogP contribution is -2.41. The molecule has 128 valence electrons. The zero-order chi connectivity index (χ0) is 16.4. The SMILES string of the molecule is CC(C)CCCC(C)NC(N)=NCC(=O)NC1CCCCC1. The van der Waals surface area contributed by atoms with Gasteiger partial charge in [0.1, 0.15) is 6.54 Å². The average Bonchev–Trinajstić information content (AvgIpc) is 2.46. The van der Waals surface area contributed by atoms with Gasteiger partial charge >= 0.3 is 0 Å². The summed E-state index contributed by atoms with van der Waals surface area (Å²) in [5.41, 5.74) is 5.85. The fourth-order valence-electron chi connectivity index (χ4n) is 2.88. The van der Waals surface area contributed by atoms with Crippen molar-refractivity contribution >= 4 is 11.9 Å². The second kappa shape index (κ2) is 10.5. The molecule has 0 spiro atoms. The van der Waals surface area contributed by atoms with Gasteiger partial charge in [-0.3, -0.25) is 4.79 Å². The minimum absolute atomic E-state index is 0.0240. The number of aliphatic imine (C=N–C) groups is 1. The summed E-state index contributed by atoms with van der Waals surface area (Å²) in [6, 6.07) is 0.629. The van der Waals surface area contributed by atoms with E-state index in [2.05, 4.69) is 36.4 Å². The molecule has 4 N–H and O–H groups in total. The van der Waals surface area contributed by atoms with Crippen LogP contribution in [-0.2, 0) is 4.79 Å². The first-order valence-electron chi connectivity index (χ1n) is 8.83. The molecule has 1 fully saturated rings. The molecule has 1 atom stereocenters. The van der Waals surface area contributed by atoms with Crippen LogP contribution < -0.4 is 16.4 Å². The fraction of sp³-hybridized carbons (Fsp3) is 0.882. The van der Waals surface area contributed by atoms with Gasteiger partial charge in [0, 0.05) is 12.1 Å². The first-order valence-corrected chi connectivity index (χ1v) is 8.83. The van der Waals surface area contributed by atoms with Gasteiger partial charge in [0.2, 0.25) is 5.91 Å². The van der Waals surface area contributed by atoms with Crippen molar-refractivity contribution in [2.24, 2.45) is 16.6 Å². The maximum absolute atomic E-state index is 11.8. The van der Waals surface area contributed by atoms with Gasteiger partial charge < -0.3 is 16.4 Å². The van der Waals surface area contributed by atoms with Crippen LogP contribution in [0.2, 0.25) is 0 Å². The summed E-state index contributed by atoms with van der Waals surface area (Å²) in [5, 5.41) is 6.21. The highest BCUT2D eigenvalue weighted by Gasteiger charge is 2.15. The smallest absolute Gasteiger partial charge is 0.242 e. The Morgan fingerprint density at radius 3 is 2.50 bits per heavy atom. The third-order valence-corrected chi connectivity index (χ3v) is 4.18. The van der Waals surface area contributed by atoms with Crippen molar-refractivity contribution in [1.82, 2.24) is 10.6 Å². The number of carbonyl (C=O) groups excluding carboxylic acids is 1. The van der Waals surface area contributed by atoms with Crippen molar-refractivity contribution < 1.29 is 4.79 Å². The number of rotatable bonds is 8. The van der Waals surface area contributed by atoms with E-state index in [0.29, 0.717) is 18.0 Å². The minimum Gasteiger partial charge on any atom is -0.370 e. The molecule has 1 saturated carbocycles. The van der Waals surface area contributed by atoms with E-state index in [9.17, 15) is 4.79 Å². The number of nitrogens with one attached hydrogen (secondary N) is 2. The normalized spacial score (nSPS) is 18.3. The molecule has 0 bridgehead atoms. The lowest BCUT2D eigenvalue weighted by atomic mass is 9.95. The van der Waals surface area contributed by atoms with Crippen LogP contribution in [0.3, 0.4) is 0 Å². The molecule has 0 radical (unpaired) electrons. The van der Waals surface area contributed by atoms with Gasteiger partial charge in [-0.2, -0.15) is 0 Å². The van der Waals surface area contributed by atoms with E-state index < -0.39 is 0 Å². The molecule has 0 aromatic heterocycles. The van der Waals surface area contributed by atoms with Gasteiger partial charge in [-0.15, -0.1) is 0 Å². The Balaban J connectivity index is 2.18. The van der Waals surface area contributed by atoms with E-state index in [1.807, 2.05) is 0 Å². The summed E-state index contributed by atoms with van der Waals surface area (Å²) in [4.78, 5) is 16.0. The summed E-state index contributed by atoms with van der Waals surface area (Å²) in [6.07, 6.45) is 9.39. The highest BCUT2D eigenvalue weighted by atomic mass is 16.1. The Hall–Kier alpha value is -1.26. The first kappa shape index (κ1) is 18.8. The summed E-state index contributed by atoms with van der Waals surface area (Å²) < 4.78 is 0. The molecular weight excluding hydrogens is 276 g/mol. The lowest BCUT2D eigenvalue weighted by Gasteiger charge is -2.22. The Morgan fingerprint density at radius 2 is 1.86 bits per heavy atom. The highest BCUT2D eigenvalue weighted by molar-refractivity contribution is 5.84. The van der Waals surface area contributed by atoms with Gasteiger partial charge in [-0.25, -0.2) is 4.99 Å². The minimum atomic E-state index is -0.0240. The van der Waals surface area contributed by atoms with Crippen molar-refractivity contribution in [3.8, 4) is 0 Å². The topological polar surface area (TPSA) is 79.5 Å². The largest absolute Gasteiger partial charge is 0.370 e. The number of nitrogens with zero attached hydrogens (tertiary/aromatic N) is 1. The standard InChI is InChI=1S/C17H34N4O/c1-13(2)8-7-9-14(3)20-17(18)19-12-16(22)21-15-10-5-4-6-11-15/h13-15H,4-12H2,1-3H3,(H,21,22)(H3,18,19,20). The molecule has 1 aliphatic carbocycles. The molecule has 0 aromatic rings. The fourth-order valence-corrected chi connectivity index (χ4v) is 2.88. The molecule has 22 heavy (non-hydrogen) atoms. The van der Waals surface area contributed by atoms with Crippen LogP contribution in [0.15, 0.2) is 4.99 Å². The Labute approximate surface area is 135 Å². The molecule has 1 amide bonds. The van der Waals surface area contributed by atoms with Gasteiger partial charge in [0.25, 0.3) is 0 Å². The molecule has 0 heterocycles. The highest BCUT2D eigenvalue weighted by Crippen LogP contribution is 2.17. The molecule has 0 aromatic carbocycles. The molecule has 0 saturated heterocycles. The van der Waals surface area contributed by atoms with Crippen molar-refractivity contribution in [3.63, 3.8) is 0 Å². The number of nitrogens with two attached hydrogens (primary N) is 1. The van der Waals surface area contributed by atoms with Crippen LogP contribution in [0.1, 0.15) is 72.1 Å². The third kappa shape index (κ3) is 8.90. The molecule has 5 heteroatoms. The number of hydrogen-bond donors (Lipinski definition) is 3. The first-order chi connectivity index (χ1) is 10.5. The van der Waals surface area contributed by atoms with E-state index in [0.717, 1.165) is 25.2 Å². The summed E-state index contributed by atoms with van der Waals surface area (Å²) in [6.45, 7) is 6.69. The van der Waals surface area contributed by atoms with E-state index in [1.165, 1.54) is 32.1 Å². The second-order valence-electron chi connectivity index (χ2n) is 6.97. The number of guanidine groups is 1. The van der Waals surface area contributed by atoms with Crippen molar-refractivity contribution in [2.45, 2.75) is 84.2 Å². The molecule has 1 unspecified atom stereocenters. The van der Waals surface area contributed by atoms with Crippen LogP contribution in [0.5, 0.6) is 0 Å². The molecule has 1 aliphatic rings. The van der Waals surface area contributed by atoms with Gasteiger partial charge in [-0.1, -0.05) is 46.0 Å². The molecular formula is C17H34N4O. The number of hydrogen-bond acceptors (Lipinski definition) is 2. The van der Waals surface area contributed by atoms with Crippen molar-refractivity contribution in [1.29, 1.82) is 0 Å². The van der Waals surface area contributed by atoms with E-state index in [-0.39, 0.29) is 12.5 Å². The van der Waals surface area contributed by atoms with Crippen LogP contribution in [0.25, 0.3) is 0 Å². The zero-order valence-electron chi connectivity index (χ0n) is 14.5.